The summed E-state index contributed by atoms with van der Waals surface area (Å²) in [7, 11) is 0. The first-order valence-corrected chi connectivity index (χ1v) is 9.34. The molecule has 1 N–H and O–H groups in total. The third-order valence-corrected chi connectivity index (χ3v) is 4.81. The van der Waals surface area contributed by atoms with Gasteiger partial charge in [0.15, 0.2) is 0 Å². The average Bonchev–Trinajstić information content (AvgIpc) is 3.11. The number of thioether (sulfide) groups is 1. The number of hydrogen-bond donors (Lipinski definition) is 1. The third-order valence-electron chi connectivity index (χ3n) is 3.81. The van der Waals surface area contributed by atoms with E-state index in [0.29, 0.717) is 12.3 Å². The maximum atomic E-state index is 12.3. The van der Waals surface area contributed by atoms with E-state index in [1.165, 1.54) is 11.1 Å². The second-order valence-electron chi connectivity index (χ2n) is 5.89. The van der Waals surface area contributed by atoms with Gasteiger partial charge in [0.25, 0.3) is 0 Å². The first-order chi connectivity index (χ1) is 12.2. The second-order valence-corrected chi connectivity index (χ2v) is 6.87. The van der Waals surface area contributed by atoms with Crippen LogP contribution in [0.15, 0.2) is 67.0 Å². The summed E-state index contributed by atoms with van der Waals surface area (Å²) in [6.07, 6.45) is 3.67. The molecule has 128 valence electrons. The first-order valence-electron chi connectivity index (χ1n) is 8.19. The number of aryl methyl sites for hydroxylation is 1. The van der Waals surface area contributed by atoms with Gasteiger partial charge in [-0.1, -0.05) is 48.0 Å². The SMILES string of the molecule is Cc1ccc(CSCC(=O)Nc2ccccc2Cn2cccn2)cc1. The van der Waals surface area contributed by atoms with Gasteiger partial charge in [0.05, 0.1) is 12.3 Å². The smallest absolute Gasteiger partial charge is 0.234 e. The average molecular weight is 351 g/mol. The van der Waals surface area contributed by atoms with Crippen LogP contribution in [0.4, 0.5) is 5.69 Å². The van der Waals surface area contributed by atoms with Crippen molar-refractivity contribution in [3.05, 3.63) is 83.7 Å². The van der Waals surface area contributed by atoms with Crippen molar-refractivity contribution in [1.29, 1.82) is 0 Å². The van der Waals surface area contributed by atoms with Crippen LogP contribution in [0.3, 0.4) is 0 Å². The van der Waals surface area contributed by atoms with Crippen LogP contribution in [-0.4, -0.2) is 21.4 Å². The molecule has 0 unspecified atom stereocenters. The first kappa shape index (κ1) is 17.3. The fraction of sp³-hybridized carbons (Fsp3) is 0.200. The van der Waals surface area contributed by atoms with Crippen molar-refractivity contribution in [2.45, 2.75) is 19.2 Å². The number of rotatable bonds is 7. The van der Waals surface area contributed by atoms with Gasteiger partial charge < -0.3 is 5.32 Å². The Hall–Kier alpha value is -2.53. The van der Waals surface area contributed by atoms with E-state index in [0.717, 1.165) is 17.0 Å². The summed E-state index contributed by atoms with van der Waals surface area (Å²) >= 11 is 1.62. The van der Waals surface area contributed by atoms with Gasteiger partial charge in [-0.2, -0.15) is 5.10 Å². The molecule has 0 spiro atoms. The van der Waals surface area contributed by atoms with Crippen LogP contribution >= 0.6 is 11.8 Å². The van der Waals surface area contributed by atoms with Gasteiger partial charge in [-0.25, -0.2) is 0 Å². The number of aromatic nitrogens is 2. The quantitative estimate of drug-likeness (QED) is 0.697. The van der Waals surface area contributed by atoms with Crippen molar-refractivity contribution in [1.82, 2.24) is 9.78 Å². The van der Waals surface area contributed by atoms with Crippen LogP contribution in [-0.2, 0) is 17.1 Å². The molecule has 1 heterocycles. The molecule has 3 rings (SSSR count). The van der Waals surface area contributed by atoms with E-state index < -0.39 is 0 Å². The molecule has 0 bridgehead atoms. The highest BCUT2D eigenvalue weighted by molar-refractivity contribution is 7.99. The highest BCUT2D eigenvalue weighted by atomic mass is 32.2. The molecule has 0 saturated heterocycles. The van der Waals surface area contributed by atoms with E-state index in [9.17, 15) is 4.79 Å². The number of hydrogen-bond acceptors (Lipinski definition) is 3. The van der Waals surface area contributed by atoms with Crippen LogP contribution in [0.25, 0.3) is 0 Å². The molecule has 25 heavy (non-hydrogen) atoms. The lowest BCUT2D eigenvalue weighted by atomic mass is 10.2. The summed E-state index contributed by atoms with van der Waals surface area (Å²) in [5.41, 5.74) is 4.38. The van der Waals surface area contributed by atoms with Crippen molar-refractivity contribution < 1.29 is 4.79 Å². The number of benzene rings is 2. The topological polar surface area (TPSA) is 46.9 Å². The maximum absolute atomic E-state index is 12.3. The predicted molar refractivity (Wildman–Crippen MR) is 104 cm³/mol. The van der Waals surface area contributed by atoms with E-state index in [1.807, 2.05) is 41.2 Å². The van der Waals surface area contributed by atoms with Gasteiger partial charge in [-0.15, -0.1) is 11.8 Å². The number of anilines is 1. The van der Waals surface area contributed by atoms with Crippen molar-refractivity contribution in [2.24, 2.45) is 0 Å². The Bertz CT molecular complexity index is 813. The Kier molecular flexibility index (Phi) is 5.90. The summed E-state index contributed by atoms with van der Waals surface area (Å²) < 4.78 is 1.84. The lowest BCUT2D eigenvalue weighted by Crippen LogP contribution is -2.16. The number of amides is 1. The second kappa shape index (κ2) is 8.53. The zero-order valence-electron chi connectivity index (χ0n) is 14.2. The molecule has 0 aliphatic carbocycles. The minimum atomic E-state index is 0.0185. The standard InChI is InChI=1S/C20H21N3OS/c1-16-7-9-17(10-8-16)14-25-15-20(24)22-19-6-3-2-5-18(19)13-23-12-4-11-21-23/h2-12H,13-15H2,1H3,(H,22,24). The molecule has 3 aromatic rings. The third kappa shape index (κ3) is 5.22. The van der Waals surface area contributed by atoms with E-state index >= 15 is 0 Å². The Morgan fingerprint density at radius 2 is 1.92 bits per heavy atom. The van der Waals surface area contributed by atoms with Gasteiger partial charge in [0, 0.05) is 23.8 Å². The summed E-state index contributed by atoms with van der Waals surface area (Å²) in [5, 5.41) is 7.24. The normalized spacial score (nSPS) is 10.6. The Morgan fingerprint density at radius 1 is 1.12 bits per heavy atom. The Labute approximate surface area is 152 Å². The molecular weight excluding hydrogens is 330 g/mol. The fourth-order valence-corrected chi connectivity index (χ4v) is 3.27. The van der Waals surface area contributed by atoms with Crippen LogP contribution in [0, 0.1) is 6.92 Å². The zero-order chi connectivity index (χ0) is 17.5. The fourth-order valence-electron chi connectivity index (χ4n) is 2.48. The minimum Gasteiger partial charge on any atom is -0.325 e. The monoisotopic (exact) mass is 351 g/mol. The van der Waals surface area contributed by atoms with Gasteiger partial charge in [-0.05, 0) is 30.2 Å². The highest BCUT2D eigenvalue weighted by Gasteiger charge is 2.07. The molecular formula is C20H21N3OS. The Balaban J connectivity index is 1.53. The van der Waals surface area contributed by atoms with Gasteiger partial charge in [0.2, 0.25) is 5.91 Å². The van der Waals surface area contributed by atoms with Crippen LogP contribution in [0.5, 0.6) is 0 Å². The lowest BCUT2D eigenvalue weighted by molar-refractivity contribution is -0.113. The van der Waals surface area contributed by atoms with Crippen LogP contribution in [0.1, 0.15) is 16.7 Å². The van der Waals surface area contributed by atoms with Crippen LogP contribution in [0.2, 0.25) is 0 Å². The number of nitrogens with one attached hydrogen (secondary N) is 1. The molecule has 5 heteroatoms. The zero-order valence-corrected chi connectivity index (χ0v) is 15.0. The van der Waals surface area contributed by atoms with Gasteiger partial charge in [-0.3, -0.25) is 9.48 Å². The Morgan fingerprint density at radius 3 is 2.68 bits per heavy atom. The number of para-hydroxylation sites is 1. The molecule has 0 fully saturated rings. The van der Waals surface area contributed by atoms with Crippen molar-refractivity contribution in [3.8, 4) is 0 Å². The van der Waals surface area contributed by atoms with Gasteiger partial charge >= 0.3 is 0 Å². The molecule has 1 aromatic heterocycles. The highest BCUT2D eigenvalue weighted by Crippen LogP contribution is 2.18. The number of nitrogens with zero attached hydrogens (tertiary/aromatic N) is 2. The van der Waals surface area contributed by atoms with Crippen LogP contribution < -0.4 is 5.32 Å². The van der Waals surface area contributed by atoms with E-state index in [4.69, 9.17) is 0 Å². The van der Waals surface area contributed by atoms with E-state index in [1.54, 1.807) is 18.0 Å². The molecule has 2 aromatic carbocycles. The molecule has 0 aliphatic rings. The largest absolute Gasteiger partial charge is 0.325 e. The molecule has 1 amide bonds. The molecule has 0 atom stereocenters. The van der Waals surface area contributed by atoms with Crippen molar-refractivity contribution >= 4 is 23.4 Å². The molecule has 0 radical (unpaired) electrons. The lowest BCUT2D eigenvalue weighted by Gasteiger charge is -2.11. The minimum absolute atomic E-state index is 0.0185. The maximum Gasteiger partial charge on any atom is 0.234 e. The van der Waals surface area contributed by atoms with Gasteiger partial charge in [0.1, 0.15) is 0 Å². The summed E-state index contributed by atoms with van der Waals surface area (Å²) in [5.74, 6) is 1.29. The molecule has 0 aliphatic heterocycles. The van der Waals surface area contributed by atoms with Crippen molar-refractivity contribution in [2.75, 3.05) is 11.1 Å². The summed E-state index contributed by atoms with van der Waals surface area (Å²) in [6.45, 7) is 2.71. The van der Waals surface area contributed by atoms with Crippen molar-refractivity contribution in [3.63, 3.8) is 0 Å². The number of carbonyl (C=O) groups excluding carboxylic acids is 1. The molecule has 0 saturated carbocycles. The summed E-state index contributed by atoms with van der Waals surface area (Å²) in [4.78, 5) is 12.3. The van der Waals surface area contributed by atoms with E-state index in [2.05, 4.69) is 41.6 Å². The summed E-state index contributed by atoms with van der Waals surface area (Å²) in [6, 6.07) is 18.2. The van der Waals surface area contributed by atoms with E-state index in [-0.39, 0.29) is 5.91 Å². The predicted octanol–water partition coefficient (Wildman–Crippen LogP) is 4.11. The number of carbonyl (C=O) groups is 1. The molecule has 4 nitrogen and oxygen atoms in total.